The Morgan fingerprint density at radius 3 is 2.61 bits per heavy atom. The van der Waals surface area contributed by atoms with Gasteiger partial charge in [0.2, 0.25) is 0 Å². The average molecular weight is 305 g/mol. The SMILES string of the molecule is ON=C1N=C(c2ccccc2)c2ccccc2N2CCCCC12. The van der Waals surface area contributed by atoms with Gasteiger partial charge in [-0.2, -0.15) is 0 Å². The lowest BCUT2D eigenvalue weighted by Gasteiger charge is -2.36. The summed E-state index contributed by atoms with van der Waals surface area (Å²) < 4.78 is 0. The third-order valence-electron chi connectivity index (χ3n) is 4.65. The molecule has 2 heterocycles. The van der Waals surface area contributed by atoms with Crippen molar-refractivity contribution < 1.29 is 5.21 Å². The van der Waals surface area contributed by atoms with Gasteiger partial charge in [0.15, 0.2) is 5.84 Å². The van der Waals surface area contributed by atoms with Crippen LogP contribution in [-0.2, 0) is 0 Å². The first-order chi connectivity index (χ1) is 11.4. The van der Waals surface area contributed by atoms with Gasteiger partial charge in [-0.05, 0) is 25.3 Å². The highest BCUT2D eigenvalue weighted by Gasteiger charge is 2.32. The number of oxime groups is 1. The van der Waals surface area contributed by atoms with Gasteiger partial charge < -0.3 is 10.1 Å². The smallest absolute Gasteiger partial charge is 0.190 e. The Bertz CT molecular complexity index is 767. The number of amidine groups is 1. The highest BCUT2D eigenvalue weighted by atomic mass is 16.4. The fourth-order valence-electron chi connectivity index (χ4n) is 3.57. The first kappa shape index (κ1) is 14.0. The summed E-state index contributed by atoms with van der Waals surface area (Å²) in [5, 5.41) is 13.1. The molecule has 2 aromatic rings. The summed E-state index contributed by atoms with van der Waals surface area (Å²) in [7, 11) is 0. The third kappa shape index (κ3) is 2.40. The van der Waals surface area contributed by atoms with Gasteiger partial charge in [-0.25, -0.2) is 4.99 Å². The summed E-state index contributed by atoms with van der Waals surface area (Å²) in [6.07, 6.45) is 3.27. The molecule has 116 valence electrons. The summed E-state index contributed by atoms with van der Waals surface area (Å²) >= 11 is 0. The highest BCUT2D eigenvalue weighted by Crippen LogP contribution is 2.33. The maximum absolute atomic E-state index is 9.55. The Balaban J connectivity index is 1.95. The first-order valence-electron chi connectivity index (χ1n) is 8.10. The van der Waals surface area contributed by atoms with Gasteiger partial charge in [-0.3, -0.25) is 0 Å². The van der Waals surface area contributed by atoms with Crippen LogP contribution in [0.2, 0.25) is 0 Å². The van der Waals surface area contributed by atoms with Crippen molar-refractivity contribution in [3.05, 3.63) is 65.7 Å². The standard InChI is InChI=1S/C19H19N3O/c23-21-19-17-12-6-7-13-22(17)16-11-5-4-10-15(16)18(20-19)14-8-2-1-3-9-14/h1-5,8-11,17,23H,6-7,12-13H2. The topological polar surface area (TPSA) is 48.2 Å². The number of hydrogen-bond acceptors (Lipinski definition) is 3. The fourth-order valence-corrected chi connectivity index (χ4v) is 3.57. The largest absolute Gasteiger partial charge is 0.409 e. The number of para-hydroxylation sites is 1. The zero-order valence-corrected chi connectivity index (χ0v) is 12.9. The summed E-state index contributed by atoms with van der Waals surface area (Å²) in [5.41, 5.74) is 4.20. The summed E-state index contributed by atoms with van der Waals surface area (Å²) in [5.74, 6) is 0.514. The van der Waals surface area contributed by atoms with Crippen LogP contribution in [0.15, 0.2) is 64.7 Å². The molecule has 1 atom stereocenters. The Labute approximate surface area is 135 Å². The number of anilines is 1. The van der Waals surface area contributed by atoms with Gasteiger partial charge in [-0.1, -0.05) is 53.7 Å². The predicted octanol–water partition coefficient (Wildman–Crippen LogP) is 3.68. The number of rotatable bonds is 1. The van der Waals surface area contributed by atoms with Crippen molar-refractivity contribution in [1.82, 2.24) is 0 Å². The molecule has 0 saturated carbocycles. The van der Waals surface area contributed by atoms with Gasteiger partial charge in [-0.15, -0.1) is 0 Å². The molecule has 0 spiro atoms. The van der Waals surface area contributed by atoms with E-state index in [1.165, 1.54) is 5.69 Å². The molecule has 0 amide bonds. The van der Waals surface area contributed by atoms with Crippen molar-refractivity contribution in [2.24, 2.45) is 10.1 Å². The van der Waals surface area contributed by atoms with Crippen molar-refractivity contribution >= 4 is 17.2 Å². The molecule has 4 heteroatoms. The second-order valence-electron chi connectivity index (χ2n) is 6.01. The Morgan fingerprint density at radius 2 is 1.78 bits per heavy atom. The third-order valence-corrected chi connectivity index (χ3v) is 4.65. The van der Waals surface area contributed by atoms with Crippen LogP contribution < -0.4 is 4.90 Å². The van der Waals surface area contributed by atoms with Crippen LogP contribution in [0, 0.1) is 0 Å². The maximum atomic E-state index is 9.55. The van der Waals surface area contributed by atoms with Crippen molar-refractivity contribution in [2.45, 2.75) is 25.3 Å². The van der Waals surface area contributed by atoms with E-state index in [1.54, 1.807) is 0 Å². The van der Waals surface area contributed by atoms with E-state index in [1.807, 2.05) is 24.3 Å². The van der Waals surface area contributed by atoms with E-state index >= 15 is 0 Å². The number of aliphatic imine (C=N–C) groups is 1. The lowest BCUT2D eigenvalue weighted by atomic mass is 9.98. The van der Waals surface area contributed by atoms with E-state index < -0.39 is 0 Å². The molecule has 1 saturated heterocycles. The second-order valence-corrected chi connectivity index (χ2v) is 6.01. The van der Waals surface area contributed by atoms with Gasteiger partial charge in [0.25, 0.3) is 0 Å². The van der Waals surface area contributed by atoms with Crippen LogP contribution in [0.1, 0.15) is 30.4 Å². The molecule has 0 radical (unpaired) electrons. The van der Waals surface area contributed by atoms with E-state index in [9.17, 15) is 5.21 Å². The molecule has 2 aliphatic rings. The molecule has 4 nitrogen and oxygen atoms in total. The maximum Gasteiger partial charge on any atom is 0.190 e. The van der Waals surface area contributed by atoms with Crippen LogP contribution in [0.5, 0.6) is 0 Å². The number of piperidine rings is 1. The zero-order chi connectivity index (χ0) is 15.6. The number of benzene rings is 2. The number of nitrogens with zero attached hydrogens (tertiary/aromatic N) is 3. The molecule has 1 unspecified atom stereocenters. The van der Waals surface area contributed by atoms with Crippen LogP contribution in [-0.4, -0.2) is 29.3 Å². The number of fused-ring (bicyclic) bond motifs is 3. The summed E-state index contributed by atoms with van der Waals surface area (Å²) in [6, 6.07) is 18.5. The molecule has 2 aromatic carbocycles. The van der Waals surface area contributed by atoms with E-state index in [4.69, 9.17) is 4.99 Å². The minimum absolute atomic E-state index is 0.0520. The van der Waals surface area contributed by atoms with Crippen molar-refractivity contribution in [3.8, 4) is 0 Å². The van der Waals surface area contributed by atoms with E-state index in [0.717, 1.165) is 42.6 Å². The van der Waals surface area contributed by atoms with Crippen LogP contribution in [0.25, 0.3) is 0 Å². The quantitative estimate of drug-likeness (QED) is 0.645. The summed E-state index contributed by atoms with van der Waals surface area (Å²) in [4.78, 5) is 7.11. The normalized spacial score (nSPS) is 22.1. The predicted molar refractivity (Wildman–Crippen MR) is 92.7 cm³/mol. The van der Waals surface area contributed by atoms with E-state index in [-0.39, 0.29) is 6.04 Å². The van der Waals surface area contributed by atoms with Gasteiger partial charge in [0.1, 0.15) is 0 Å². The fraction of sp³-hybridized carbons (Fsp3) is 0.263. The molecular weight excluding hydrogens is 286 g/mol. The van der Waals surface area contributed by atoms with Crippen LogP contribution in [0.4, 0.5) is 5.69 Å². The molecule has 2 aliphatic heterocycles. The van der Waals surface area contributed by atoms with Gasteiger partial charge in [0, 0.05) is 23.4 Å². The van der Waals surface area contributed by atoms with Crippen molar-refractivity contribution in [3.63, 3.8) is 0 Å². The Kier molecular flexibility index (Phi) is 3.58. The zero-order valence-electron chi connectivity index (χ0n) is 12.9. The molecule has 0 aliphatic carbocycles. The monoisotopic (exact) mass is 305 g/mol. The lowest BCUT2D eigenvalue weighted by molar-refractivity contribution is 0.314. The molecule has 4 rings (SSSR count). The lowest BCUT2D eigenvalue weighted by Crippen LogP contribution is -2.43. The molecule has 0 bridgehead atoms. The number of hydrogen-bond donors (Lipinski definition) is 1. The molecular formula is C19H19N3O. The van der Waals surface area contributed by atoms with Crippen molar-refractivity contribution in [1.29, 1.82) is 0 Å². The molecule has 1 N–H and O–H groups in total. The molecule has 23 heavy (non-hydrogen) atoms. The summed E-state index contributed by atoms with van der Waals surface area (Å²) in [6.45, 7) is 0.971. The molecule has 0 aromatic heterocycles. The Hall–Kier alpha value is -2.62. The van der Waals surface area contributed by atoms with Crippen LogP contribution >= 0.6 is 0 Å². The second kappa shape index (κ2) is 5.88. The van der Waals surface area contributed by atoms with Crippen LogP contribution in [0.3, 0.4) is 0 Å². The van der Waals surface area contributed by atoms with Gasteiger partial charge >= 0.3 is 0 Å². The Morgan fingerprint density at radius 1 is 1.00 bits per heavy atom. The van der Waals surface area contributed by atoms with Crippen molar-refractivity contribution in [2.75, 3.05) is 11.4 Å². The average Bonchev–Trinajstić information content (AvgIpc) is 2.77. The minimum atomic E-state index is 0.0520. The first-order valence-corrected chi connectivity index (χ1v) is 8.10. The minimum Gasteiger partial charge on any atom is -0.409 e. The van der Waals surface area contributed by atoms with Gasteiger partial charge in [0.05, 0.1) is 11.8 Å². The van der Waals surface area contributed by atoms with E-state index in [0.29, 0.717) is 5.84 Å². The van der Waals surface area contributed by atoms with E-state index in [2.05, 4.69) is 40.4 Å². The molecule has 1 fully saturated rings. The highest BCUT2D eigenvalue weighted by molar-refractivity contribution is 6.21.